The number of imide groups is 1. The molecule has 4 rings (SSSR count). The number of carbonyl (C=O) groups is 3. The molecule has 1 aromatic heterocycles. The summed E-state index contributed by atoms with van der Waals surface area (Å²) in [4.78, 5) is 35.6. The molecular formula is C21H18N4O3. The first-order chi connectivity index (χ1) is 13.5. The van der Waals surface area contributed by atoms with Gasteiger partial charge in [-0.15, -0.1) is 0 Å². The number of amides is 4. The van der Waals surface area contributed by atoms with Crippen LogP contribution < -0.4 is 16.0 Å². The maximum atomic E-state index is 12.5. The molecule has 0 atom stereocenters. The summed E-state index contributed by atoms with van der Waals surface area (Å²) in [6.07, 6.45) is 3.41. The highest BCUT2D eigenvalue weighted by Gasteiger charge is 2.23. The lowest BCUT2D eigenvalue weighted by atomic mass is 10.1. The first-order valence-corrected chi connectivity index (χ1v) is 8.78. The predicted octanol–water partition coefficient (Wildman–Crippen LogP) is 2.77. The van der Waals surface area contributed by atoms with E-state index in [0.29, 0.717) is 0 Å². The van der Waals surface area contributed by atoms with Crippen molar-refractivity contribution in [3.63, 3.8) is 0 Å². The highest BCUT2D eigenvalue weighted by molar-refractivity contribution is 6.14. The minimum Gasteiger partial charge on any atom is -0.337 e. The van der Waals surface area contributed by atoms with E-state index in [9.17, 15) is 14.4 Å². The molecule has 1 saturated heterocycles. The van der Waals surface area contributed by atoms with Crippen LogP contribution in [0, 0.1) is 6.92 Å². The normalized spacial score (nSPS) is 15.0. The van der Waals surface area contributed by atoms with Crippen LogP contribution >= 0.6 is 0 Å². The molecule has 0 bridgehead atoms. The Morgan fingerprint density at radius 2 is 1.93 bits per heavy atom. The third-order valence-corrected chi connectivity index (χ3v) is 4.45. The first kappa shape index (κ1) is 17.5. The molecule has 0 unspecified atom stereocenters. The number of para-hydroxylation sites is 1. The molecule has 7 nitrogen and oxygen atoms in total. The van der Waals surface area contributed by atoms with E-state index in [-0.39, 0.29) is 18.1 Å². The number of nitrogens with zero attached hydrogens (tertiary/aromatic N) is 1. The fourth-order valence-electron chi connectivity index (χ4n) is 3.24. The lowest BCUT2D eigenvalue weighted by Gasteiger charge is -2.08. The van der Waals surface area contributed by atoms with Crippen LogP contribution in [0.15, 0.2) is 60.4 Å². The Morgan fingerprint density at radius 3 is 2.68 bits per heavy atom. The van der Waals surface area contributed by atoms with Crippen molar-refractivity contribution in [3.05, 3.63) is 71.6 Å². The topological polar surface area (TPSA) is 92.2 Å². The number of nitrogens with one attached hydrogen (secondary N) is 3. The van der Waals surface area contributed by atoms with Crippen LogP contribution in [0.5, 0.6) is 0 Å². The fourth-order valence-corrected chi connectivity index (χ4v) is 3.24. The minimum atomic E-state index is -0.544. The second-order valence-electron chi connectivity index (χ2n) is 6.61. The van der Waals surface area contributed by atoms with E-state index in [4.69, 9.17) is 0 Å². The van der Waals surface area contributed by atoms with E-state index in [2.05, 4.69) is 16.0 Å². The molecule has 0 aliphatic carbocycles. The van der Waals surface area contributed by atoms with Crippen LogP contribution in [0.4, 0.5) is 10.5 Å². The van der Waals surface area contributed by atoms with Crippen molar-refractivity contribution in [1.82, 2.24) is 15.2 Å². The van der Waals surface area contributed by atoms with Gasteiger partial charge in [-0.3, -0.25) is 14.9 Å². The minimum absolute atomic E-state index is 0.121. The van der Waals surface area contributed by atoms with Gasteiger partial charge in [0, 0.05) is 28.4 Å². The standard InChI is InChI=1S/C21H18N4O3/c1-13-5-4-6-15(9-13)22-19(26)12-25-11-14(16-7-2-3-8-18(16)25)10-17-20(27)24-21(28)23-17/h2-11H,12H2,1H3,(H,22,26)(H2,23,24,27,28)/b17-10+. The first-order valence-electron chi connectivity index (χ1n) is 8.78. The molecule has 3 N–H and O–H groups in total. The molecule has 0 radical (unpaired) electrons. The molecule has 7 heteroatoms. The van der Waals surface area contributed by atoms with Gasteiger partial charge in [0.15, 0.2) is 0 Å². The molecule has 2 aromatic carbocycles. The second-order valence-corrected chi connectivity index (χ2v) is 6.61. The van der Waals surface area contributed by atoms with Crippen molar-refractivity contribution in [2.24, 2.45) is 0 Å². The number of aryl methyl sites for hydroxylation is 1. The number of rotatable bonds is 4. The average Bonchev–Trinajstić information content (AvgIpc) is 3.15. The third kappa shape index (κ3) is 3.50. The molecule has 1 fully saturated rings. The number of hydrogen-bond acceptors (Lipinski definition) is 3. The summed E-state index contributed by atoms with van der Waals surface area (Å²) in [5, 5.41) is 8.43. The Labute approximate surface area is 161 Å². The number of benzene rings is 2. The highest BCUT2D eigenvalue weighted by Crippen LogP contribution is 2.24. The van der Waals surface area contributed by atoms with Crippen LogP contribution in [-0.2, 0) is 16.1 Å². The lowest BCUT2D eigenvalue weighted by Crippen LogP contribution is -2.22. The zero-order chi connectivity index (χ0) is 19.7. The van der Waals surface area contributed by atoms with Crippen LogP contribution in [-0.4, -0.2) is 22.4 Å². The van der Waals surface area contributed by atoms with Crippen molar-refractivity contribution in [1.29, 1.82) is 0 Å². The zero-order valence-electron chi connectivity index (χ0n) is 15.2. The van der Waals surface area contributed by atoms with Gasteiger partial charge in [-0.25, -0.2) is 4.79 Å². The maximum Gasteiger partial charge on any atom is 0.326 e. The number of fused-ring (bicyclic) bond motifs is 1. The SMILES string of the molecule is Cc1cccc(NC(=O)Cn2cc(/C=C3/NC(=O)NC3=O)c3ccccc32)c1. The quantitative estimate of drug-likeness (QED) is 0.484. The molecule has 2 heterocycles. The molecule has 0 saturated carbocycles. The Balaban J connectivity index is 1.63. The van der Waals surface area contributed by atoms with E-state index in [1.165, 1.54) is 0 Å². The third-order valence-electron chi connectivity index (χ3n) is 4.45. The van der Waals surface area contributed by atoms with Gasteiger partial charge >= 0.3 is 6.03 Å². The Bertz CT molecular complexity index is 1140. The number of aromatic nitrogens is 1. The highest BCUT2D eigenvalue weighted by atomic mass is 16.2. The van der Waals surface area contributed by atoms with Crippen LogP contribution in [0.1, 0.15) is 11.1 Å². The average molecular weight is 374 g/mol. The molecule has 0 spiro atoms. The van der Waals surface area contributed by atoms with Crippen LogP contribution in [0.25, 0.3) is 17.0 Å². The van der Waals surface area contributed by atoms with Gasteiger partial charge in [0.05, 0.1) is 0 Å². The van der Waals surface area contributed by atoms with Gasteiger partial charge in [0.2, 0.25) is 5.91 Å². The molecule has 3 aromatic rings. The molecule has 28 heavy (non-hydrogen) atoms. The molecule has 4 amide bonds. The number of anilines is 1. The van der Waals surface area contributed by atoms with Gasteiger partial charge in [-0.1, -0.05) is 30.3 Å². The van der Waals surface area contributed by atoms with Crippen molar-refractivity contribution in [2.45, 2.75) is 13.5 Å². The van der Waals surface area contributed by atoms with Crippen molar-refractivity contribution < 1.29 is 14.4 Å². The monoisotopic (exact) mass is 374 g/mol. The van der Waals surface area contributed by atoms with E-state index in [1.54, 1.807) is 12.3 Å². The Morgan fingerprint density at radius 1 is 1.11 bits per heavy atom. The number of urea groups is 1. The molecule has 1 aliphatic rings. The molecule has 1 aliphatic heterocycles. The number of carbonyl (C=O) groups excluding carboxylic acids is 3. The largest absolute Gasteiger partial charge is 0.337 e. The van der Waals surface area contributed by atoms with E-state index < -0.39 is 11.9 Å². The summed E-state index contributed by atoms with van der Waals surface area (Å²) in [6, 6.07) is 14.6. The van der Waals surface area contributed by atoms with Crippen molar-refractivity contribution >= 4 is 40.5 Å². The molecule has 140 valence electrons. The zero-order valence-corrected chi connectivity index (χ0v) is 15.2. The smallest absolute Gasteiger partial charge is 0.326 e. The van der Waals surface area contributed by atoms with Gasteiger partial charge in [-0.2, -0.15) is 0 Å². The van der Waals surface area contributed by atoms with E-state index >= 15 is 0 Å². The van der Waals surface area contributed by atoms with Gasteiger partial charge in [0.25, 0.3) is 5.91 Å². The number of hydrogen-bond donors (Lipinski definition) is 3. The summed E-state index contributed by atoms with van der Waals surface area (Å²) >= 11 is 0. The second kappa shape index (κ2) is 7.03. The maximum absolute atomic E-state index is 12.5. The van der Waals surface area contributed by atoms with Crippen molar-refractivity contribution in [2.75, 3.05) is 5.32 Å². The van der Waals surface area contributed by atoms with Crippen molar-refractivity contribution in [3.8, 4) is 0 Å². The van der Waals surface area contributed by atoms with Gasteiger partial charge in [0.1, 0.15) is 12.2 Å². The van der Waals surface area contributed by atoms with Gasteiger partial charge in [-0.05, 0) is 36.8 Å². The van der Waals surface area contributed by atoms with Gasteiger partial charge < -0.3 is 15.2 Å². The Kier molecular flexibility index (Phi) is 4.41. The summed E-state index contributed by atoms with van der Waals surface area (Å²) in [5.41, 5.74) is 3.59. The summed E-state index contributed by atoms with van der Waals surface area (Å²) < 4.78 is 1.82. The summed E-state index contributed by atoms with van der Waals surface area (Å²) in [6.45, 7) is 2.09. The molecular weight excluding hydrogens is 356 g/mol. The summed E-state index contributed by atoms with van der Waals surface area (Å²) in [7, 11) is 0. The lowest BCUT2D eigenvalue weighted by molar-refractivity contribution is -0.117. The Hall–Kier alpha value is -3.87. The van der Waals surface area contributed by atoms with Crippen LogP contribution in [0.3, 0.4) is 0 Å². The van der Waals surface area contributed by atoms with E-state index in [1.807, 2.05) is 60.0 Å². The van der Waals surface area contributed by atoms with Crippen LogP contribution in [0.2, 0.25) is 0 Å². The van der Waals surface area contributed by atoms with E-state index in [0.717, 1.165) is 27.7 Å². The predicted molar refractivity (Wildman–Crippen MR) is 106 cm³/mol. The summed E-state index contributed by atoms with van der Waals surface area (Å²) in [5.74, 6) is -0.628. The fraction of sp³-hybridized carbons (Fsp3) is 0.0952.